The predicted octanol–water partition coefficient (Wildman–Crippen LogP) is 2.66. The molecule has 6 nitrogen and oxygen atoms in total. The Kier molecular flexibility index (Phi) is 3.83. The number of anilines is 1. The molecule has 0 saturated heterocycles. The van der Waals surface area contributed by atoms with E-state index < -0.39 is 0 Å². The van der Waals surface area contributed by atoms with Crippen molar-refractivity contribution in [3.05, 3.63) is 42.4 Å². The van der Waals surface area contributed by atoms with Crippen molar-refractivity contribution >= 4 is 34.3 Å². The van der Waals surface area contributed by atoms with Crippen molar-refractivity contribution < 1.29 is 9.21 Å². The van der Waals surface area contributed by atoms with Crippen LogP contribution in [0.5, 0.6) is 0 Å². The van der Waals surface area contributed by atoms with E-state index in [1.54, 1.807) is 13.1 Å². The predicted molar refractivity (Wildman–Crippen MR) is 80.1 cm³/mol. The van der Waals surface area contributed by atoms with E-state index in [4.69, 9.17) is 4.42 Å². The van der Waals surface area contributed by atoms with Crippen LogP contribution in [0.25, 0.3) is 10.9 Å². The van der Waals surface area contributed by atoms with E-state index in [-0.39, 0.29) is 11.7 Å². The second-order valence-electron chi connectivity index (χ2n) is 4.30. The fourth-order valence-corrected chi connectivity index (χ4v) is 2.46. The van der Waals surface area contributed by atoms with E-state index in [0.717, 1.165) is 10.9 Å². The molecular weight excluding hydrogens is 288 g/mol. The molecule has 2 heterocycles. The fraction of sp³-hybridized carbons (Fsp3) is 0.143. The van der Waals surface area contributed by atoms with Crippen LogP contribution in [0.15, 0.2) is 46.2 Å². The third-order valence-electron chi connectivity index (χ3n) is 2.74. The number of thioether (sulfide) groups is 1. The van der Waals surface area contributed by atoms with Gasteiger partial charge in [-0.1, -0.05) is 30.0 Å². The summed E-state index contributed by atoms with van der Waals surface area (Å²) >= 11 is 1.20. The molecule has 0 atom stereocenters. The van der Waals surface area contributed by atoms with Crippen LogP contribution >= 0.6 is 11.8 Å². The summed E-state index contributed by atoms with van der Waals surface area (Å²) in [4.78, 5) is 16.3. The Hall–Kier alpha value is -2.41. The zero-order valence-corrected chi connectivity index (χ0v) is 12.1. The summed E-state index contributed by atoms with van der Waals surface area (Å²) in [6.45, 7) is 1.71. The number of carbonyl (C=O) groups is 1. The maximum Gasteiger partial charge on any atom is 0.277 e. The molecule has 0 spiro atoms. The monoisotopic (exact) mass is 300 g/mol. The lowest BCUT2D eigenvalue weighted by Crippen LogP contribution is -2.14. The summed E-state index contributed by atoms with van der Waals surface area (Å²) < 4.78 is 5.20. The number of nitrogens with zero attached hydrogens (tertiary/aromatic N) is 3. The Balaban J connectivity index is 1.69. The molecule has 0 bridgehead atoms. The molecule has 3 rings (SSSR count). The van der Waals surface area contributed by atoms with Gasteiger partial charge >= 0.3 is 0 Å². The van der Waals surface area contributed by atoms with Crippen LogP contribution in [0, 0.1) is 6.92 Å². The highest BCUT2D eigenvalue weighted by Gasteiger charge is 2.10. The van der Waals surface area contributed by atoms with Crippen molar-refractivity contribution in [3.8, 4) is 0 Å². The third-order valence-corrected chi connectivity index (χ3v) is 3.56. The SMILES string of the molecule is Cc1nnc(SCC(=O)Nc2cccc3cccnc23)o1. The zero-order valence-electron chi connectivity index (χ0n) is 11.2. The molecule has 0 unspecified atom stereocenters. The first kappa shape index (κ1) is 13.6. The van der Waals surface area contributed by atoms with Crippen molar-refractivity contribution in [2.24, 2.45) is 0 Å². The van der Waals surface area contributed by atoms with Crippen LogP contribution in [-0.4, -0.2) is 26.8 Å². The Bertz CT molecular complexity index is 782. The molecule has 1 N–H and O–H groups in total. The van der Waals surface area contributed by atoms with E-state index in [1.165, 1.54) is 11.8 Å². The van der Waals surface area contributed by atoms with Gasteiger partial charge in [0.25, 0.3) is 5.22 Å². The molecule has 0 saturated carbocycles. The number of nitrogens with one attached hydrogen (secondary N) is 1. The minimum absolute atomic E-state index is 0.144. The Morgan fingerprint density at radius 3 is 2.95 bits per heavy atom. The first-order valence-electron chi connectivity index (χ1n) is 6.29. The van der Waals surface area contributed by atoms with Crippen molar-refractivity contribution in [2.75, 3.05) is 11.1 Å². The van der Waals surface area contributed by atoms with E-state index in [2.05, 4.69) is 20.5 Å². The van der Waals surface area contributed by atoms with Gasteiger partial charge in [0.1, 0.15) is 0 Å². The summed E-state index contributed by atoms with van der Waals surface area (Å²) in [6, 6.07) is 9.48. The van der Waals surface area contributed by atoms with Gasteiger partial charge in [-0.3, -0.25) is 9.78 Å². The quantitative estimate of drug-likeness (QED) is 0.746. The molecule has 0 aliphatic heterocycles. The number of carbonyl (C=O) groups excluding carboxylic acids is 1. The van der Waals surface area contributed by atoms with Gasteiger partial charge in [0.15, 0.2) is 0 Å². The standard InChI is InChI=1S/C14H12N4O2S/c1-9-17-18-14(20-9)21-8-12(19)16-11-6-2-4-10-5-3-7-15-13(10)11/h2-7H,8H2,1H3,(H,16,19). The Morgan fingerprint density at radius 2 is 2.14 bits per heavy atom. The maximum atomic E-state index is 12.0. The molecule has 106 valence electrons. The summed E-state index contributed by atoms with van der Waals surface area (Å²) in [5, 5.41) is 11.8. The molecule has 0 aliphatic rings. The van der Waals surface area contributed by atoms with Gasteiger partial charge in [0.05, 0.1) is 17.0 Å². The van der Waals surface area contributed by atoms with E-state index in [9.17, 15) is 4.79 Å². The first-order valence-corrected chi connectivity index (χ1v) is 7.27. The average Bonchev–Trinajstić information content (AvgIpc) is 2.91. The molecule has 3 aromatic rings. The van der Waals surface area contributed by atoms with Crippen LogP contribution in [-0.2, 0) is 4.79 Å². The fourth-order valence-electron chi connectivity index (χ4n) is 1.86. The number of aryl methyl sites for hydroxylation is 1. The smallest absolute Gasteiger partial charge is 0.277 e. The maximum absolute atomic E-state index is 12.0. The van der Waals surface area contributed by atoms with Crippen LogP contribution in [0.4, 0.5) is 5.69 Å². The Morgan fingerprint density at radius 1 is 1.29 bits per heavy atom. The molecule has 1 aromatic carbocycles. The second kappa shape index (κ2) is 5.92. The van der Waals surface area contributed by atoms with Crippen molar-refractivity contribution in [1.29, 1.82) is 0 Å². The van der Waals surface area contributed by atoms with E-state index >= 15 is 0 Å². The number of aromatic nitrogens is 3. The largest absolute Gasteiger partial charge is 0.416 e. The van der Waals surface area contributed by atoms with Gasteiger partial charge < -0.3 is 9.73 Å². The number of para-hydroxylation sites is 1. The van der Waals surface area contributed by atoms with E-state index in [0.29, 0.717) is 16.8 Å². The molecule has 7 heteroatoms. The van der Waals surface area contributed by atoms with Gasteiger partial charge in [0.2, 0.25) is 11.8 Å². The highest BCUT2D eigenvalue weighted by atomic mass is 32.2. The summed E-state index contributed by atoms with van der Waals surface area (Å²) in [5.74, 6) is 0.537. The van der Waals surface area contributed by atoms with Crippen molar-refractivity contribution in [2.45, 2.75) is 12.1 Å². The highest BCUT2D eigenvalue weighted by Crippen LogP contribution is 2.21. The third kappa shape index (κ3) is 3.19. The first-order chi connectivity index (χ1) is 10.2. The lowest BCUT2D eigenvalue weighted by molar-refractivity contribution is -0.113. The van der Waals surface area contributed by atoms with Gasteiger partial charge in [0, 0.05) is 18.5 Å². The van der Waals surface area contributed by atoms with Crippen LogP contribution in [0.2, 0.25) is 0 Å². The zero-order chi connectivity index (χ0) is 14.7. The van der Waals surface area contributed by atoms with Gasteiger partial charge in [-0.15, -0.1) is 10.2 Å². The van der Waals surface area contributed by atoms with Crippen molar-refractivity contribution in [1.82, 2.24) is 15.2 Å². The normalized spacial score (nSPS) is 10.7. The van der Waals surface area contributed by atoms with E-state index in [1.807, 2.05) is 30.3 Å². The lowest BCUT2D eigenvalue weighted by atomic mass is 10.2. The van der Waals surface area contributed by atoms with Gasteiger partial charge in [-0.25, -0.2) is 0 Å². The molecule has 1 amide bonds. The molecule has 0 fully saturated rings. The van der Waals surface area contributed by atoms with Gasteiger partial charge in [-0.2, -0.15) is 0 Å². The van der Waals surface area contributed by atoms with Crippen LogP contribution in [0.1, 0.15) is 5.89 Å². The number of hydrogen-bond acceptors (Lipinski definition) is 6. The highest BCUT2D eigenvalue weighted by molar-refractivity contribution is 7.99. The summed E-state index contributed by atoms with van der Waals surface area (Å²) in [6.07, 6.45) is 1.70. The molecular formula is C14H12N4O2S. The second-order valence-corrected chi connectivity index (χ2v) is 5.23. The minimum Gasteiger partial charge on any atom is -0.416 e. The average molecular weight is 300 g/mol. The number of rotatable bonds is 4. The number of pyridine rings is 1. The van der Waals surface area contributed by atoms with Crippen LogP contribution < -0.4 is 5.32 Å². The molecule has 0 aliphatic carbocycles. The molecule has 2 aromatic heterocycles. The molecule has 0 radical (unpaired) electrons. The number of benzene rings is 1. The molecule has 21 heavy (non-hydrogen) atoms. The summed E-state index contributed by atoms with van der Waals surface area (Å²) in [5.41, 5.74) is 1.47. The lowest BCUT2D eigenvalue weighted by Gasteiger charge is -2.06. The van der Waals surface area contributed by atoms with Crippen molar-refractivity contribution in [3.63, 3.8) is 0 Å². The Labute approximate surface area is 125 Å². The number of amides is 1. The minimum atomic E-state index is -0.144. The number of hydrogen-bond donors (Lipinski definition) is 1. The van der Waals surface area contributed by atoms with Gasteiger partial charge in [-0.05, 0) is 12.1 Å². The topological polar surface area (TPSA) is 80.9 Å². The number of fused-ring (bicyclic) bond motifs is 1. The summed E-state index contributed by atoms with van der Waals surface area (Å²) in [7, 11) is 0. The van der Waals surface area contributed by atoms with Crippen LogP contribution in [0.3, 0.4) is 0 Å².